The van der Waals surface area contributed by atoms with Gasteiger partial charge in [0.15, 0.2) is 0 Å². The highest BCUT2D eigenvalue weighted by atomic mass is 16.5. The molecule has 8 rings (SSSR count). The quantitative estimate of drug-likeness (QED) is 0.218. The van der Waals surface area contributed by atoms with Crippen LogP contribution in [0.15, 0.2) is 134 Å². The Morgan fingerprint density at radius 3 is 2.33 bits per heavy atom. The number of rotatable bonds is 5. The number of hydrogen-bond acceptors (Lipinski definition) is 4. The van der Waals surface area contributed by atoms with Gasteiger partial charge in [-0.25, -0.2) is 9.97 Å². The third-order valence-corrected chi connectivity index (χ3v) is 8.06. The van der Waals surface area contributed by atoms with Gasteiger partial charge in [-0.1, -0.05) is 91.0 Å². The Kier molecular flexibility index (Phi) is 5.89. The van der Waals surface area contributed by atoms with Gasteiger partial charge in [-0.2, -0.15) is 0 Å². The molecule has 3 heterocycles. The maximum atomic E-state index is 6.02. The summed E-state index contributed by atoms with van der Waals surface area (Å²) in [5, 5.41) is 0. The first-order chi connectivity index (χ1) is 20.8. The Bertz CT molecular complexity index is 1910. The molecule has 0 radical (unpaired) electrons. The summed E-state index contributed by atoms with van der Waals surface area (Å²) in [4.78, 5) is 11.7. The molecule has 4 heteroatoms. The lowest BCUT2D eigenvalue weighted by Gasteiger charge is -2.33. The minimum absolute atomic E-state index is 0.00956. The number of para-hydroxylation sites is 1. The first-order valence-corrected chi connectivity index (χ1v) is 14.2. The zero-order chi connectivity index (χ0) is 27.9. The molecule has 0 spiro atoms. The number of anilines is 2. The highest BCUT2D eigenvalue weighted by Crippen LogP contribution is 2.52. The van der Waals surface area contributed by atoms with Crippen LogP contribution in [-0.2, 0) is 6.42 Å². The lowest BCUT2D eigenvalue weighted by Crippen LogP contribution is -2.25. The smallest absolute Gasteiger partial charge is 0.219 e. The molecule has 0 amide bonds. The van der Waals surface area contributed by atoms with E-state index in [0.717, 1.165) is 29.2 Å². The van der Waals surface area contributed by atoms with Crippen LogP contribution >= 0.6 is 0 Å². The predicted molar refractivity (Wildman–Crippen MR) is 169 cm³/mol. The van der Waals surface area contributed by atoms with Gasteiger partial charge in [0.2, 0.25) is 5.88 Å². The van der Waals surface area contributed by atoms with E-state index in [2.05, 4.69) is 107 Å². The molecule has 6 aromatic rings. The second kappa shape index (κ2) is 10.2. The number of ether oxygens (including phenoxy) is 1. The van der Waals surface area contributed by atoms with E-state index in [1.54, 1.807) is 6.20 Å². The van der Waals surface area contributed by atoms with Gasteiger partial charge < -0.3 is 9.64 Å². The maximum absolute atomic E-state index is 6.02. The van der Waals surface area contributed by atoms with Crippen LogP contribution in [0.1, 0.15) is 39.4 Å². The van der Waals surface area contributed by atoms with Crippen molar-refractivity contribution in [3.8, 4) is 22.8 Å². The fraction of sp³-hybridized carbons (Fsp3) is 0.0526. The van der Waals surface area contributed by atoms with Crippen molar-refractivity contribution in [1.29, 1.82) is 0 Å². The third-order valence-electron chi connectivity index (χ3n) is 8.06. The second-order valence-corrected chi connectivity index (χ2v) is 10.7. The minimum atomic E-state index is -0.00956. The van der Waals surface area contributed by atoms with E-state index < -0.39 is 0 Å². The summed E-state index contributed by atoms with van der Waals surface area (Å²) in [5.41, 5.74) is 11.0. The number of nitrogens with zero attached hydrogens (tertiary/aromatic N) is 3. The Labute approximate surface area is 245 Å². The fourth-order valence-electron chi connectivity index (χ4n) is 6.25. The molecule has 1 atom stereocenters. The van der Waals surface area contributed by atoms with E-state index in [1.807, 2.05) is 42.6 Å². The highest BCUT2D eigenvalue weighted by Gasteiger charge is 2.36. The molecule has 4 nitrogen and oxygen atoms in total. The molecule has 0 bridgehead atoms. The largest absolute Gasteiger partial charge is 0.439 e. The first-order valence-electron chi connectivity index (χ1n) is 14.2. The number of hydrogen-bond donors (Lipinski definition) is 0. The summed E-state index contributed by atoms with van der Waals surface area (Å²) < 4.78 is 6.02. The van der Waals surface area contributed by atoms with E-state index in [-0.39, 0.29) is 6.04 Å². The van der Waals surface area contributed by atoms with Crippen LogP contribution in [0.5, 0.6) is 11.6 Å². The summed E-state index contributed by atoms with van der Waals surface area (Å²) in [6, 6.07) is 42.4. The average molecular weight is 542 g/mol. The standard InChI is InChI=1S/C38H27N3O/c1-4-15-35-28(10-1)18-19-29-11-8-22-40-38(29)41(35)37-33-14-3-2-13-31(33)32-20-17-27(25-34(32)37)23-26-9-7-12-30(24-26)42-36-16-5-6-21-39-36/h1-22,24-25,37H,23H2. The molecule has 0 N–H and O–H groups in total. The lowest BCUT2D eigenvalue weighted by atomic mass is 9.96. The van der Waals surface area contributed by atoms with Crippen LogP contribution in [0, 0.1) is 0 Å². The molecule has 200 valence electrons. The molecule has 1 unspecified atom stereocenters. The van der Waals surface area contributed by atoms with Gasteiger partial charge >= 0.3 is 0 Å². The monoisotopic (exact) mass is 541 g/mol. The third kappa shape index (κ3) is 4.25. The van der Waals surface area contributed by atoms with Crippen LogP contribution in [0.2, 0.25) is 0 Å². The van der Waals surface area contributed by atoms with Crippen molar-refractivity contribution < 1.29 is 4.74 Å². The van der Waals surface area contributed by atoms with Crippen LogP contribution in [0.4, 0.5) is 11.5 Å². The summed E-state index contributed by atoms with van der Waals surface area (Å²) >= 11 is 0. The lowest BCUT2D eigenvalue weighted by molar-refractivity contribution is 0.462. The van der Waals surface area contributed by atoms with Crippen molar-refractivity contribution in [3.05, 3.63) is 167 Å². The molecule has 4 aromatic carbocycles. The molecule has 1 aliphatic heterocycles. The Balaban J connectivity index is 1.22. The van der Waals surface area contributed by atoms with Gasteiger partial charge in [-0.3, -0.25) is 0 Å². The molecule has 1 aliphatic carbocycles. The average Bonchev–Trinajstić information content (AvgIpc) is 3.25. The van der Waals surface area contributed by atoms with Crippen molar-refractivity contribution >= 4 is 23.7 Å². The number of pyridine rings is 2. The summed E-state index contributed by atoms with van der Waals surface area (Å²) in [6.45, 7) is 0. The van der Waals surface area contributed by atoms with Crippen LogP contribution in [0.25, 0.3) is 23.3 Å². The van der Waals surface area contributed by atoms with E-state index in [0.29, 0.717) is 5.88 Å². The van der Waals surface area contributed by atoms with Gasteiger partial charge in [0.1, 0.15) is 11.6 Å². The van der Waals surface area contributed by atoms with Crippen LogP contribution < -0.4 is 9.64 Å². The van der Waals surface area contributed by atoms with Gasteiger partial charge in [-0.05, 0) is 81.8 Å². The van der Waals surface area contributed by atoms with E-state index in [9.17, 15) is 0 Å². The second-order valence-electron chi connectivity index (χ2n) is 10.7. The molecule has 0 fully saturated rings. The van der Waals surface area contributed by atoms with Crippen molar-refractivity contribution in [2.45, 2.75) is 12.5 Å². The Morgan fingerprint density at radius 1 is 0.595 bits per heavy atom. The summed E-state index contributed by atoms with van der Waals surface area (Å²) in [7, 11) is 0. The summed E-state index contributed by atoms with van der Waals surface area (Å²) in [5.74, 6) is 2.35. The number of fused-ring (bicyclic) bond motifs is 5. The normalized spacial score (nSPS) is 14.4. The molecule has 2 aliphatic rings. The number of benzene rings is 4. The Morgan fingerprint density at radius 2 is 1.38 bits per heavy atom. The maximum Gasteiger partial charge on any atom is 0.219 e. The zero-order valence-corrected chi connectivity index (χ0v) is 22.9. The minimum Gasteiger partial charge on any atom is -0.439 e. The first kappa shape index (κ1) is 24.3. The zero-order valence-electron chi connectivity index (χ0n) is 22.9. The SMILES string of the molecule is C1=Cc2cccnc2N(C2c3ccccc3-c3ccc(Cc4cccc(Oc5ccccn5)c4)cc32)c2ccccc21. The van der Waals surface area contributed by atoms with Crippen molar-refractivity contribution in [2.75, 3.05) is 4.90 Å². The fourth-order valence-corrected chi connectivity index (χ4v) is 6.25. The van der Waals surface area contributed by atoms with Gasteiger partial charge in [-0.15, -0.1) is 0 Å². The van der Waals surface area contributed by atoms with Crippen LogP contribution in [0.3, 0.4) is 0 Å². The van der Waals surface area contributed by atoms with E-state index >= 15 is 0 Å². The van der Waals surface area contributed by atoms with E-state index in [1.165, 1.54) is 38.9 Å². The topological polar surface area (TPSA) is 38.2 Å². The molecular formula is C38H27N3O. The molecular weight excluding hydrogens is 514 g/mol. The predicted octanol–water partition coefficient (Wildman–Crippen LogP) is 9.25. The Hall–Kier alpha value is -5.48. The molecule has 0 saturated carbocycles. The van der Waals surface area contributed by atoms with E-state index in [4.69, 9.17) is 9.72 Å². The van der Waals surface area contributed by atoms with Crippen molar-refractivity contribution in [3.63, 3.8) is 0 Å². The van der Waals surface area contributed by atoms with Crippen LogP contribution in [-0.4, -0.2) is 9.97 Å². The van der Waals surface area contributed by atoms with Gasteiger partial charge in [0, 0.05) is 24.0 Å². The molecule has 42 heavy (non-hydrogen) atoms. The van der Waals surface area contributed by atoms with Gasteiger partial charge in [0.25, 0.3) is 0 Å². The molecule has 0 saturated heterocycles. The van der Waals surface area contributed by atoms with Crippen molar-refractivity contribution in [2.24, 2.45) is 0 Å². The summed E-state index contributed by atoms with van der Waals surface area (Å²) in [6.07, 6.45) is 8.81. The van der Waals surface area contributed by atoms with Crippen molar-refractivity contribution in [1.82, 2.24) is 9.97 Å². The van der Waals surface area contributed by atoms with Gasteiger partial charge in [0.05, 0.1) is 11.7 Å². The highest BCUT2D eigenvalue weighted by molar-refractivity contribution is 5.90. The number of aromatic nitrogens is 2. The molecule has 2 aromatic heterocycles.